The minimum Gasteiger partial charge on any atom is -0.468 e. The molecule has 0 radical (unpaired) electrons. The number of rotatable bonds is 8. The van der Waals surface area contributed by atoms with Crippen LogP contribution in [-0.2, 0) is 6.54 Å². The van der Waals surface area contributed by atoms with Crippen molar-refractivity contribution in [1.82, 2.24) is 10.2 Å². The molecule has 0 aromatic carbocycles. The number of likely N-dealkylation sites (N-methyl/N-ethyl adjacent to an activating group) is 1. The first-order valence-corrected chi connectivity index (χ1v) is 6.94. The van der Waals surface area contributed by atoms with Gasteiger partial charge in [0, 0.05) is 12.6 Å². The summed E-state index contributed by atoms with van der Waals surface area (Å²) in [5.74, 6) is 2.37. The van der Waals surface area contributed by atoms with E-state index in [1.54, 1.807) is 6.26 Å². The Kier molecular flexibility index (Phi) is 6.44. The highest BCUT2D eigenvalue weighted by Gasteiger charge is 2.19. The van der Waals surface area contributed by atoms with Crippen LogP contribution in [-0.4, -0.2) is 31.1 Å². The molecule has 1 heterocycles. The van der Waals surface area contributed by atoms with Crippen molar-refractivity contribution in [3.05, 3.63) is 24.2 Å². The number of hydrogen-bond donors (Lipinski definition) is 1. The Morgan fingerprint density at radius 2 is 1.94 bits per heavy atom. The Hall–Kier alpha value is -0.800. The van der Waals surface area contributed by atoms with E-state index in [1.807, 2.05) is 12.1 Å². The van der Waals surface area contributed by atoms with Crippen LogP contribution in [0.5, 0.6) is 0 Å². The normalized spacial score (nSPS) is 13.8. The summed E-state index contributed by atoms with van der Waals surface area (Å²) in [6.45, 7) is 12.0. The molecule has 1 aromatic heterocycles. The molecule has 0 saturated carbocycles. The van der Waals surface area contributed by atoms with Crippen LogP contribution in [0.3, 0.4) is 0 Å². The van der Waals surface area contributed by atoms with Crippen molar-refractivity contribution < 1.29 is 4.42 Å². The highest BCUT2D eigenvalue weighted by molar-refractivity contribution is 4.98. The fourth-order valence-corrected chi connectivity index (χ4v) is 2.19. The minimum atomic E-state index is 0.536. The highest BCUT2D eigenvalue weighted by Crippen LogP contribution is 2.13. The number of furan rings is 1. The molecule has 0 amide bonds. The summed E-state index contributed by atoms with van der Waals surface area (Å²) < 4.78 is 5.41. The summed E-state index contributed by atoms with van der Waals surface area (Å²) in [5, 5.41) is 3.55. The van der Waals surface area contributed by atoms with Crippen LogP contribution in [0.4, 0.5) is 0 Å². The molecule has 3 heteroatoms. The van der Waals surface area contributed by atoms with Gasteiger partial charge in [-0.05, 0) is 37.6 Å². The third kappa shape index (κ3) is 5.23. The van der Waals surface area contributed by atoms with Crippen LogP contribution in [0, 0.1) is 11.8 Å². The fourth-order valence-electron chi connectivity index (χ4n) is 2.19. The molecule has 18 heavy (non-hydrogen) atoms. The molecule has 1 N–H and O–H groups in total. The summed E-state index contributed by atoms with van der Waals surface area (Å²) in [6.07, 6.45) is 1.74. The van der Waals surface area contributed by atoms with E-state index in [0.717, 1.165) is 25.4 Å². The third-order valence-corrected chi connectivity index (χ3v) is 3.23. The first-order valence-electron chi connectivity index (χ1n) is 6.94. The summed E-state index contributed by atoms with van der Waals surface area (Å²) >= 11 is 0. The van der Waals surface area contributed by atoms with Gasteiger partial charge in [0.15, 0.2) is 0 Å². The lowest BCUT2D eigenvalue weighted by Crippen LogP contribution is -2.43. The van der Waals surface area contributed by atoms with Crippen molar-refractivity contribution in [2.75, 3.05) is 20.1 Å². The summed E-state index contributed by atoms with van der Waals surface area (Å²) in [5.41, 5.74) is 0. The van der Waals surface area contributed by atoms with Gasteiger partial charge in [-0.25, -0.2) is 0 Å². The van der Waals surface area contributed by atoms with E-state index < -0.39 is 0 Å². The largest absolute Gasteiger partial charge is 0.468 e. The van der Waals surface area contributed by atoms with Crippen LogP contribution >= 0.6 is 0 Å². The van der Waals surface area contributed by atoms with Crippen molar-refractivity contribution in [3.8, 4) is 0 Å². The van der Waals surface area contributed by atoms with E-state index in [-0.39, 0.29) is 0 Å². The zero-order valence-electron chi connectivity index (χ0n) is 12.4. The van der Waals surface area contributed by atoms with Gasteiger partial charge in [-0.1, -0.05) is 27.7 Å². The van der Waals surface area contributed by atoms with Crippen LogP contribution in [0.2, 0.25) is 0 Å². The summed E-state index contributed by atoms with van der Waals surface area (Å²) in [4.78, 5) is 2.37. The Bertz CT molecular complexity index is 306. The maximum absolute atomic E-state index is 5.41. The minimum absolute atomic E-state index is 0.536. The lowest BCUT2D eigenvalue weighted by atomic mass is 10.0. The zero-order chi connectivity index (χ0) is 13.5. The number of nitrogens with one attached hydrogen (secondary N) is 1. The predicted octanol–water partition coefficient (Wildman–Crippen LogP) is 2.98. The molecule has 1 unspecified atom stereocenters. The lowest BCUT2D eigenvalue weighted by molar-refractivity contribution is 0.167. The molecule has 0 aliphatic heterocycles. The highest BCUT2D eigenvalue weighted by atomic mass is 16.3. The van der Waals surface area contributed by atoms with Crippen molar-refractivity contribution >= 4 is 0 Å². The van der Waals surface area contributed by atoms with Crippen molar-refractivity contribution in [1.29, 1.82) is 0 Å². The van der Waals surface area contributed by atoms with Crippen molar-refractivity contribution in [3.63, 3.8) is 0 Å². The van der Waals surface area contributed by atoms with Gasteiger partial charge in [0.1, 0.15) is 5.76 Å². The molecular weight excluding hydrogens is 224 g/mol. The zero-order valence-corrected chi connectivity index (χ0v) is 12.4. The molecule has 104 valence electrons. The smallest absolute Gasteiger partial charge is 0.117 e. The van der Waals surface area contributed by atoms with Gasteiger partial charge in [0.05, 0.1) is 12.8 Å². The van der Waals surface area contributed by atoms with Crippen LogP contribution in [0.15, 0.2) is 22.8 Å². The van der Waals surface area contributed by atoms with E-state index in [4.69, 9.17) is 4.42 Å². The molecule has 0 saturated heterocycles. The molecule has 1 atom stereocenters. The van der Waals surface area contributed by atoms with Gasteiger partial charge in [0.25, 0.3) is 0 Å². The average molecular weight is 252 g/mol. The SMILES string of the molecule is CC(C)CNCC(C(C)C)N(C)Cc1ccco1. The lowest BCUT2D eigenvalue weighted by Gasteiger charge is -2.31. The topological polar surface area (TPSA) is 28.4 Å². The second kappa shape index (κ2) is 7.59. The van der Waals surface area contributed by atoms with E-state index in [0.29, 0.717) is 17.9 Å². The van der Waals surface area contributed by atoms with Gasteiger partial charge < -0.3 is 9.73 Å². The first kappa shape index (κ1) is 15.3. The Morgan fingerprint density at radius 1 is 1.22 bits per heavy atom. The molecule has 0 fully saturated rings. The predicted molar refractivity (Wildman–Crippen MR) is 76.5 cm³/mol. The first-order chi connectivity index (χ1) is 8.50. The van der Waals surface area contributed by atoms with Gasteiger partial charge in [-0.15, -0.1) is 0 Å². The molecule has 0 aliphatic rings. The van der Waals surface area contributed by atoms with Crippen molar-refractivity contribution in [2.24, 2.45) is 11.8 Å². The molecule has 0 bridgehead atoms. The van der Waals surface area contributed by atoms with E-state index in [2.05, 4.69) is 45.0 Å². The Balaban J connectivity index is 2.44. The second-order valence-electron chi connectivity index (χ2n) is 5.86. The number of nitrogens with zero attached hydrogens (tertiary/aromatic N) is 1. The van der Waals surface area contributed by atoms with Crippen LogP contribution in [0.1, 0.15) is 33.5 Å². The van der Waals surface area contributed by atoms with Gasteiger partial charge in [0.2, 0.25) is 0 Å². The molecular formula is C15H28N2O. The molecule has 0 aliphatic carbocycles. The summed E-state index contributed by atoms with van der Waals surface area (Å²) in [6, 6.07) is 4.52. The second-order valence-corrected chi connectivity index (χ2v) is 5.86. The molecule has 0 spiro atoms. The van der Waals surface area contributed by atoms with Crippen LogP contribution in [0.25, 0.3) is 0 Å². The standard InChI is InChI=1S/C15H28N2O/c1-12(2)9-16-10-15(13(3)4)17(5)11-14-7-6-8-18-14/h6-8,12-13,15-16H,9-11H2,1-5H3. The van der Waals surface area contributed by atoms with Gasteiger partial charge in [-0.2, -0.15) is 0 Å². The van der Waals surface area contributed by atoms with Crippen LogP contribution < -0.4 is 5.32 Å². The third-order valence-electron chi connectivity index (χ3n) is 3.23. The molecule has 3 nitrogen and oxygen atoms in total. The number of hydrogen-bond acceptors (Lipinski definition) is 3. The van der Waals surface area contributed by atoms with Crippen molar-refractivity contribution in [2.45, 2.75) is 40.3 Å². The fraction of sp³-hybridized carbons (Fsp3) is 0.733. The molecule has 1 rings (SSSR count). The summed E-state index contributed by atoms with van der Waals surface area (Å²) in [7, 11) is 2.17. The van der Waals surface area contributed by atoms with Gasteiger partial charge >= 0.3 is 0 Å². The van der Waals surface area contributed by atoms with E-state index in [9.17, 15) is 0 Å². The quantitative estimate of drug-likeness (QED) is 0.771. The van der Waals surface area contributed by atoms with E-state index >= 15 is 0 Å². The monoisotopic (exact) mass is 252 g/mol. The molecule has 1 aromatic rings. The Morgan fingerprint density at radius 3 is 2.44 bits per heavy atom. The Labute approximate surface area is 112 Å². The van der Waals surface area contributed by atoms with E-state index in [1.165, 1.54) is 0 Å². The van der Waals surface area contributed by atoms with Gasteiger partial charge in [-0.3, -0.25) is 4.90 Å². The maximum atomic E-state index is 5.41. The average Bonchev–Trinajstić information content (AvgIpc) is 2.75. The maximum Gasteiger partial charge on any atom is 0.117 e.